The van der Waals surface area contributed by atoms with Crippen molar-refractivity contribution >= 4 is 29.1 Å². The minimum atomic E-state index is -0.0762. The van der Waals surface area contributed by atoms with Gasteiger partial charge in [-0.3, -0.25) is 9.79 Å². The van der Waals surface area contributed by atoms with E-state index in [2.05, 4.69) is 16.4 Å². The molecule has 0 saturated carbocycles. The quantitative estimate of drug-likeness (QED) is 0.880. The molecule has 112 valence electrons. The van der Waals surface area contributed by atoms with E-state index in [1.54, 1.807) is 23.6 Å². The maximum Gasteiger partial charge on any atom is 0.257 e. The van der Waals surface area contributed by atoms with Gasteiger partial charge in [-0.05, 0) is 23.1 Å². The van der Waals surface area contributed by atoms with Crippen LogP contribution in [0, 0.1) is 0 Å². The third kappa shape index (κ3) is 1.91. The van der Waals surface area contributed by atoms with Gasteiger partial charge < -0.3 is 14.7 Å². The van der Waals surface area contributed by atoms with Crippen LogP contribution in [-0.4, -0.2) is 35.3 Å². The average Bonchev–Trinajstić information content (AvgIpc) is 2.93. The van der Waals surface area contributed by atoms with E-state index in [-0.39, 0.29) is 23.4 Å². The first kappa shape index (κ1) is 13.3. The minimum absolute atomic E-state index is 0.00909. The number of methoxy groups -OCH3 is 1. The molecule has 3 heterocycles. The number of benzene rings is 1. The number of fused-ring (bicyclic) bond motifs is 3. The molecule has 0 saturated heterocycles. The van der Waals surface area contributed by atoms with E-state index in [4.69, 9.17) is 4.74 Å². The molecule has 1 amide bonds. The second-order valence-electron chi connectivity index (χ2n) is 5.39. The molecule has 6 heteroatoms. The topological polar surface area (TPSA) is 62.1 Å². The molecule has 1 atom stereocenters. The summed E-state index contributed by atoms with van der Waals surface area (Å²) in [6.45, 7) is 0.594. The van der Waals surface area contributed by atoms with Crippen molar-refractivity contribution in [1.29, 1.82) is 0 Å². The number of hydrogen-bond acceptors (Lipinski definition) is 5. The summed E-state index contributed by atoms with van der Waals surface area (Å²) in [6, 6.07) is 5.08. The maximum atomic E-state index is 12.9. The van der Waals surface area contributed by atoms with Gasteiger partial charge >= 0.3 is 0 Å². The van der Waals surface area contributed by atoms with E-state index in [0.717, 1.165) is 6.42 Å². The highest BCUT2D eigenvalue weighted by Crippen LogP contribution is 2.38. The Morgan fingerprint density at radius 1 is 1.45 bits per heavy atom. The van der Waals surface area contributed by atoms with Gasteiger partial charge in [0.2, 0.25) is 0 Å². The van der Waals surface area contributed by atoms with Gasteiger partial charge in [0.05, 0.1) is 24.4 Å². The Bertz CT molecular complexity index is 797. The van der Waals surface area contributed by atoms with Crippen LogP contribution in [0.2, 0.25) is 0 Å². The number of amides is 1. The summed E-state index contributed by atoms with van der Waals surface area (Å²) in [5.41, 5.74) is 2.16. The summed E-state index contributed by atoms with van der Waals surface area (Å²) in [4.78, 5) is 20.5. The molecule has 2 aliphatic rings. The number of phenols is 1. The van der Waals surface area contributed by atoms with Gasteiger partial charge in [-0.25, -0.2) is 0 Å². The first-order chi connectivity index (χ1) is 10.7. The Labute approximate surface area is 131 Å². The summed E-state index contributed by atoms with van der Waals surface area (Å²) < 4.78 is 5.11. The fourth-order valence-electron chi connectivity index (χ4n) is 2.96. The summed E-state index contributed by atoms with van der Waals surface area (Å²) in [5.74, 6) is 0.201. The molecule has 4 rings (SSSR count). The molecule has 1 aromatic carbocycles. The van der Waals surface area contributed by atoms with E-state index in [9.17, 15) is 9.90 Å². The Balaban J connectivity index is 1.81. The van der Waals surface area contributed by atoms with E-state index in [0.29, 0.717) is 17.8 Å². The average molecular weight is 314 g/mol. The Kier molecular flexibility index (Phi) is 2.94. The van der Waals surface area contributed by atoms with Crippen molar-refractivity contribution < 1.29 is 14.6 Å². The highest BCUT2D eigenvalue weighted by atomic mass is 32.1. The molecular formula is C16H14N2O3S. The number of carbonyl (C=O) groups excluding carboxylic acids is 1. The summed E-state index contributed by atoms with van der Waals surface area (Å²) in [6.07, 6.45) is 2.59. The van der Waals surface area contributed by atoms with E-state index in [1.165, 1.54) is 23.6 Å². The van der Waals surface area contributed by atoms with Crippen LogP contribution in [0.25, 0.3) is 0 Å². The Hall–Kier alpha value is -2.34. The van der Waals surface area contributed by atoms with E-state index < -0.39 is 0 Å². The molecular weight excluding hydrogens is 300 g/mol. The maximum absolute atomic E-state index is 12.9. The van der Waals surface area contributed by atoms with Crippen molar-refractivity contribution in [3.8, 4) is 11.5 Å². The number of aromatic hydroxyl groups is 1. The zero-order valence-electron chi connectivity index (χ0n) is 11.9. The lowest BCUT2D eigenvalue weighted by Gasteiger charge is -2.32. The number of thiophene rings is 1. The summed E-state index contributed by atoms with van der Waals surface area (Å²) >= 11 is 1.72. The lowest BCUT2D eigenvalue weighted by atomic mass is 10.0. The van der Waals surface area contributed by atoms with E-state index in [1.807, 2.05) is 4.90 Å². The normalized spacial score (nSPS) is 19.2. The van der Waals surface area contributed by atoms with Crippen molar-refractivity contribution in [3.05, 3.63) is 39.6 Å². The van der Waals surface area contributed by atoms with Gasteiger partial charge in [0.15, 0.2) is 11.5 Å². The van der Waals surface area contributed by atoms with Crippen LogP contribution in [0.1, 0.15) is 20.8 Å². The number of carbonyl (C=O) groups is 1. The number of aliphatic imine (C=N–C) groups is 1. The third-order valence-corrected chi connectivity index (χ3v) is 5.13. The predicted octanol–water partition coefficient (Wildman–Crippen LogP) is 2.75. The van der Waals surface area contributed by atoms with Crippen LogP contribution in [0.15, 0.2) is 28.6 Å². The molecule has 5 nitrogen and oxygen atoms in total. The van der Waals surface area contributed by atoms with Gasteiger partial charge in [-0.2, -0.15) is 0 Å². The number of ether oxygens (including phenoxy) is 1. The summed E-state index contributed by atoms with van der Waals surface area (Å²) in [5, 5.41) is 12.0. The largest absolute Gasteiger partial charge is 0.504 e. The molecule has 0 fully saturated rings. The van der Waals surface area contributed by atoms with Crippen LogP contribution in [-0.2, 0) is 13.0 Å². The zero-order valence-corrected chi connectivity index (χ0v) is 12.8. The van der Waals surface area contributed by atoms with Crippen molar-refractivity contribution in [1.82, 2.24) is 4.90 Å². The van der Waals surface area contributed by atoms with Crippen molar-refractivity contribution in [3.63, 3.8) is 0 Å². The first-order valence-electron chi connectivity index (χ1n) is 6.99. The van der Waals surface area contributed by atoms with Crippen LogP contribution in [0.4, 0.5) is 5.69 Å². The lowest BCUT2D eigenvalue weighted by molar-refractivity contribution is 0.0705. The van der Waals surface area contributed by atoms with Crippen molar-refractivity contribution in [2.75, 3.05) is 7.11 Å². The molecule has 22 heavy (non-hydrogen) atoms. The summed E-state index contributed by atoms with van der Waals surface area (Å²) in [7, 11) is 1.47. The Morgan fingerprint density at radius 3 is 3.14 bits per heavy atom. The SMILES string of the molecule is COc1cc2c(cc1O)N=CC1Cc3sccc3CN1C2=O. The van der Waals surface area contributed by atoms with Crippen LogP contribution in [0.5, 0.6) is 11.5 Å². The first-order valence-corrected chi connectivity index (χ1v) is 7.86. The molecule has 1 unspecified atom stereocenters. The molecule has 2 aromatic rings. The van der Waals surface area contributed by atoms with Crippen molar-refractivity contribution in [2.24, 2.45) is 4.99 Å². The molecule has 0 radical (unpaired) electrons. The standard InChI is InChI=1S/C16H14N2O3S/c1-21-14-5-11-12(6-13(14)19)17-7-10-4-15-9(2-3-22-15)8-18(10)16(11)20/h2-3,5-7,10,19H,4,8H2,1H3. The van der Waals surface area contributed by atoms with Gasteiger partial charge in [-0.15, -0.1) is 11.3 Å². The number of hydrogen-bond donors (Lipinski definition) is 1. The molecule has 0 spiro atoms. The second-order valence-corrected chi connectivity index (χ2v) is 6.39. The Morgan fingerprint density at radius 2 is 2.32 bits per heavy atom. The highest BCUT2D eigenvalue weighted by molar-refractivity contribution is 7.10. The third-order valence-electron chi connectivity index (χ3n) is 4.15. The molecule has 0 bridgehead atoms. The number of phenolic OH excluding ortho intramolecular Hbond substituents is 1. The zero-order chi connectivity index (χ0) is 15.3. The minimum Gasteiger partial charge on any atom is -0.504 e. The predicted molar refractivity (Wildman–Crippen MR) is 84.5 cm³/mol. The van der Waals surface area contributed by atoms with Crippen LogP contribution in [0.3, 0.4) is 0 Å². The number of nitrogens with zero attached hydrogens (tertiary/aromatic N) is 2. The molecule has 2 aliphatic heterocycles. The van der Waals surface area contributed by atoms with Crippen molar-refractivity contribution in [2.45, 2.75) is 19.0 Å². The van der Waals surface area contributed by atoms with Crippen LogP contribution >= 0.6 is 11.3 Å². The molecule has 1 aromatic heterocycles. The van der Waals surface area contributed by atoms with Gasteiger partial charge in [0, 0.05) is 30.1 Å². The van der Waals surface area contributed by atoms with E-state index >= 15 is 0 Å². The van der Waals surface area contributed by atoms with Gasteiger partial charge in [0.1, 0.15) is 0 Å². The second kappa shape index (κ2) is 4.84. The molecule has 0 aliphatic carbocycles. The highest BCUT2D eigenvalue weighted by Gasteiger charge is 2.33. The monoisotopic (exact) mass is 314 g/mol. The number of rotatable bonds is 1. The smallest absolute Gasteiger partial charge is 0.257 e. The molecule has 1 N–H and O–H groups in total. The van der Waals surface area contributed by atoms with Gasteiger partial charge in [0.25, 0.3) is 5.91 Å². The lowest BCUT2D eigenvalue weighted by Crippen LogP contribution is -2.44. The van der Waals surface area contributed by atoms with Crippen LogP contribution < -0.4 is 4.74 Å². The fraction of sp³-hybridized carbons (Fsp3) is 0.250. The fourth-order valence-corrected chi connectivity index (χ4v) is 3.91. The van der Waals surface area contributed by atoms with Gasteiger partial charge in [-0.1, -0.05) is 0 Å².